The van der Waals surface area contributed by atoms with Gasteiger partial charge in [0.25, 0.3) is 5.56 Å². The van der Waals surface area contributed by atoms with Crippen molar-refractivity contribution in [2.24, 2.45) is 7.05 Å². The summed E-state index contributed by atoms with van der Waals surface area (Å²) in [4.78, 5) is 25.5. The lowest BCUT2D eigenvalue weighted by atomic mass is 10.1. The van der Waals surface area contributed by atoms with Crippen LogP contribution in [0.2, 0.25) is 0 Å². The maximum Gasteiger partial charge on any atom is 0.260 e. The Labute approximate surface area is 152 Å². The molecule has 0 aliphatic heterocycles. The van der Waals surface area contributed by atoms with Crippen molar-refractivity contribution >= 4 is 33.3 Å². The second-order valence-electron chi connectivity index (χ2n) is 5.73. The third-order valence-electron chi connectivity index (χ3n) is 3.99. The van der Waals surface area contributed by atoms with Crippen LogP contribution in [0.4, 0.5) is 0 Å². The van der Waals surface area contributed by atoms with Crippen LogP contribution in [-0.4, -0.2) is 19.5 Å². The van der Waals surface area contributed by atoms with Gasteiger partial charge in [0.15, 0.2) is 5.16 Å². The molecule has 0 aliphatic rings. The Bertz CT molecular complexity index is 1080. The smallest absolute Gasteiger partial charge is 0.260 e. The van der Waals surface area contributed by atoms with E-state index in [1.165, 1.54) is 11.3 Å². The summed E-state index contributed by atoms with van der Waals surface area (Å²) in [5.41, 5.74) is 1.88. The Kier molecular flexibility index (Phi) is 4.19. The number of aromatic amines is 1. The predicted molar refractivity (Wildman–Crippen MR) is 103 cm³/mol. The first kappa shape index (κ1) is 16.1. The molecule has 1 atom stereocenters. The number of benzene rings is 1. The number of thioether (sulfide) groups is 1. The van der Waals surface area contributed by atoms with Gasteiger partial charge in [-0.05, 0) is 12.5 Å². The highest BCUT2D eigenvalue weighted by Crippen LogP contribution is 2.34. The molecule has 0 amide bonds. The van der Waals surface area contributed by atoms with Crippen LogP contribution < -0.4 is 5.56 Å². The average molecular weight is 368 g/mol. The van der Waals surface area contributed by atoms with Gasteiger partial charge in [0.05, 0.1) is 10.6 Å². The van der Waals surface area contributed by atoms with Crippen molar-refractivity contribution in [2.75, 3.05) is 0 Å². The Morgan fingerprint density at radius 2 is 2.08 bits per heavy atom. The van der Waals surface area contributed by atoms with Gasteiger partial charge in [-0.25, -0.2) is 9.97 Å². The maximum absolute atomic E-state index is 12.7. The van der Waals surface area contributed by atoms with Crippen molar-refractivity contribution in [3.05, 3.63) is 64.3 Å². The molecule has 4 aromatic rings. The Morgan fingerprint density at radius 1 is 1.28 bits per heavy atom. The molecule has 25 heavy (non-hydrogen) atoms. The summed E-state index contributed by atoms with van der Waals surface area (Å²) >= 11 is 3.08. The van der Waals surface area contributed by atoms with Crippen molar-refractivity contribution in [3.8, 4) is 11.1 Å². The summed E-state index contributed by atoms with van der Waals surface area (Å²) in [5, 5.41) is 3.56. The molecule has 4 rings (SSSR count). The molecule has 0 saturated heterocycles. The molecule has 0 aliphatic carbocycles. The number of thiophene rings is 1. The van der Waals surface area contributed by atoms with Gasteiger partial charge in [-0.1, -0.05) is 42.1 Å². The Hall–Kier alpha value is -2.38. The average Bonchev–Trinajstić information content (AvgIpc) is 3.22. The van der Waals surface area contributed by atoms with Gasteiger partial charge >= 0.3 is 0 Å². The molecule has 7 heteroatoms. The zero-order valence-corrected chi connectivity index (χ0v) is 15.4. The first-order valence-corrected chi connectivity index (χ1v) is 9.60. The molecule has 0 saturated carbocycles. The van der Waals surface area contributed by atoms with E-state index in [0.29, 0.717) is 11.2 Å². The van der Waals surface area contributed by atoms with Gasteiger partial charge in [0, 0.05) is 30.4 Å². The molecular formula is C18H16N4OS2. The van der Waals surface area contributed by atoms with Crippen LogP contribution in [0.3, 0.4) is 0 Å². The molecule has 0 bridgehead atoms. The number of rotatable bonds is 4. The Morgan fingerprint density at radius 3 is 2.80 bits per heavy atom. The molecular weight excluding hydrogens is 352 g/mol. The topological polar surface area (TPSA) is 63.6 Å². The van der Waals surface area contributed by atoms with E-state index >= 15 is 0 Å². The molecule has 0 radical (unpaired) electrons. The van der Waals surface area contributed by atoms with Crippen LogP contribution in [0, 0.1) is 0 Å². The van der Waals surface area contributed by atoms with Gasteiger partial charge in [-0.3, -0.25) is 4.79 Å². The lowest BCUT2D eigenvalue weighted by molar-refractivity contribution is 0.783. The first-order chi connectivity index (χ1) is 12.1. The van der Waals surface area contributed by atoms with Crippen LogP contribution in [0.5, 0.6) is 0 Å². The normalized spacial score (nSPS) is 12.6. The highest BCUT2D eigenvalue weighted by Gasteiger charge is 2.17. The highest BCUT2D eigenvalue weighted by atomic mass is 32.2. The second kappa shape index (κ2) is 6.50. The molecule has 0 fully saturated rings. The molecule has 3 heterocycles. The lowest BCUT2D eigenvalue weighted by Crippen LogP contribution is -2.12. The molecule has 126 valence electrons. The van der Waals surface area contributed by atoms with E-state index < -0.39 is 0 Å². The minimum absolute atomic E-state index is 0.000440. The van der Waals surface area contributed by atoms with E-state index in [9.17, 15) is 4.79 Å². The zero-order valence-electron chi connectivity index (χ0n) is 13.8. The predicted octanol–water partition coefficient (Wildman–Crippen LogP) is 4.24. The van der Waals surface area contributed by atoms with E-state index in [-0.39, 0.29) is 10.8 Å². The van der Waals surface area contributed by atoms with Crippen LogP contribution in [-0.2, 0) is 7.05 Å². The second-order valence-corrected chi connectivity index (χ2v) is 7.89. The van der Waals surface area contributed by atoms with Crippen molar-refractivity contribution < 1.29 is 0 Å². The SMILES string of the molecule is CC(Sc1nccn1C)c1nc2scc(-c3ccccc3)c2c(=O)[nH]1. The zero-order chi connectivity index (χ0) is 17.4. The fraction of sp³-hybridized carbons (Fsp3) is 0.167. The third kappa shape index (κ3) is 3.01. The quantitative estimate of drug-likeness (QED) is 0.547. The van der Waals surface area contributed by atoms with E-state index in [1.807, 2.05) is 60.4 Å². The highest BCUT2D eigenvalue weighted by molar-refractivity contribution is 7.99. The number of hydrogen-bond donors (Lipinski definition) is 1. The van der Waals surface area contributed by atoms with Gasteiger partial charge in [-0.2, -0.15) is 0 Å². The van der Waals surface area contributed by atoms with Gasteiger partial charge in [0.1, 0.15) is 10.7 Å². The number of nitrogens with zero attached hydrogens (tertiary/aromatic N) is 3. The van der Waals surface area contributed by atoms with Gasteiger partial charge in [-0.15, -0.1) is 11.3 Å². The lowest BCUT2D eigenvalue weighted by Gasteiger charge is -2.10. The van der Waals surface area contributed by atoms with Crippen molar-refractivity contribution in [3.63, 3.8) is 0 Å². The standard InChI is InChI=1S/C18H16N4OS2/c1-11(25-18-19-8-9-22(18)2)15-20-16(23)14-13(10-24-17(14)21-15)12-6-4-3-5-7-12/h3-11H,1-2H3,(H,20,21,23). The molecule has 0 spiro atoms. The number of nitrogens with one attached hydrogen (secondary N) is 1. The van der Waals surface area contributed by atoms with Crippen molar-refractivity contribution in [1.82, 2.24) is 19.5 Å². The molecule has 1 N–H and O–H groups in total. The van der Waals surface area contributed by atoms with Crippen LogP contribution >= 0.6 is 23.1 Å². The number of imidazole rings is 1. The van der Waals surface area contributed by atoms with E-state index in [0.717, 1.165) is 21.1 Å². The van der Waals surface area contributed by atoms with Gasteiger partial charge in [0.2, 0.25) is 0 Å². The number of hydrogen-bond acceptors (Lipinski definition) is 5. The minimum Gasteiger partial charge on any atom is -0.329 e. The molecule has 1 unspecified atom stereocenters. The van der Waals surface area contributed by atoms with Crippen molar-refractivity contribution in [1.29, 1.82) is 0 Å². The van der Waals surface area contributed by atoms with E-state index in [1.54, 1.807) is 18.0 Å². The summed E-state index contributed by atoms with van der Waals surface area (Å²) in [5.74, 6) is 0.673. The van der Waals surface area contributed by atoms with Crippen LogP contribution in [0.25, 0.3) is 21.3 Å². The van der Waals surface area contributed by atoms with Crippen LogP contribution in [0.1, 0.15) is 18.0 Å². The van der Waals surface area contributed by atoms with Crippen molar-refractivity contribution in [2.45, 2.75) is 17.3 Å². The fourth-order valence-corrected chi connectivity index (χ4v) is 4.51. The maximum atomic E-state index is 12.7. The summed E-state index contributed by atoms with van der Waals surface area (Å²) < 4.78 is 1.95. The molecule has 1 aromatic carbocycles. The number of fused-ring (bicyclic) bond motifs is 1. The summed E-state index contributed by atoms with van der Waals surface area (Å²) in [6, 6.07) is 9.93. The van der Waals surface area contributed by atoms with Gasteiger partial charge < -0.3 is 9.55 Å². The van der Waals surface area contributed by atoms with Crippen LogP contribution in [0.15, 0.2) is 58.1 Å². The van der Waals surface area contributed by atoms with E-state index in [2.05, 4.69) is 9.97 Å². The number of aryl methyl sites for hydroxylation is 1. The summed E-state index contributed by atoms with van der Waals surface area (Å²) in [6.07, 6.45) is 3.67. The monoisotopic (exact) mass is 368 g/mol. The largest absolute Gasteiger partial charge is 0.329 e. The molecule has 5 nitrogen and oxygen atoms in total. The number of H-pyrrole nitrogens is 1. The summed E-state index contributed by atoms with van der Waals surface area (Å²) in [7, 11) is 1.95. The summed E-state index contributed by atoms with van der Waals surface area (Å²) in [6.45, 7) is 2.02. The molecule has 3 aromatic heterocycles. The first-order valence-electron chi connectivity index (χ1n) is 7.84. The number of aromatic nitrogens is 4. The minimum atomic E-state index is -0.0904. The third-order valence-corrected chi connectivity index (χ3v) is 6.04. The van der Waals surface area contributed by atoms with E-state index in [4.69, 9.17) is 4.98 Å². The fourth-order valence-electron chi connectivity index (χ4n) is 2.67. The Balaban J connectivity index is 1.74.